The summed E-state index contributed by atoms with van der Waals surface area (Å²) in [6, 6.07) is 6.91. The fourth-order valence-electron chi connectivity index (χ4n) is 3.48. The first-order chi connectivity index (χ1) is 9.17. The van der Waals surface area contributed by atoms with Crippen LogP contribution in [0.4, 0.5) is 0 Å². The Morgan fingerprint density at radius 1 is 1.26 bits per heavy atom. The maximum atomic E-state index is 12.6. The van der Waals surface area contributed by atoms with Crippen LogP contribution in [0.2, 0.25) is 0 Å². The van der Waals surface area contributed by atoms with Crippen LogP contribution >= 0.6 is 0 Å². The molecule has 0 amide bonds. The number of hydrogen-bond acceptors (Lipinski definition) is 3. The number of hydrogen-bond donors (Lipinski definition) is 1. The lowest BCUT2D eigenvalue weighted by atomic mass is 9.85. The predicted octanol–water partition coefficient (Wildman–Crippen LogP) is 2.72. The predicted molar refractivity (Wildman–Crippen MR) is 74.7 cm³/mol. The number of aryl methyl sites for hydroxylation is 1. The molecule has 0 aromatic heterocycles. The molecule has 1 aromatic rings. The molecule has 2 atom stereocenters. The summed E-state index contributed by atoms with van der Waals surface area (Å²) in [5, 5.41) is 3.58. The van der Waals surface area contributed by atoms with E-state index >= 15 is 0 Å². The molecule has 3 heteroatoms. The fraction of sp³-hybridized carbons (Fsp3) is 0.562. The maximum Gasteiger partial charge on any atom is 0.166 e. The van der Waals surface area contributed by atoms with Crippen molar-refractivity contribution in [3.63, 3.8) is 0 Å². The van der Waals surface area contributed by atoms with E-state index in [2.05, 4.69) is 5.32 Å². The van der Waals surface area contributed by atoms with Gasteiger partial charge in [-0.1, -0.05) is 12.1 Å². The average Bonchev–Trinajstić information content (AvgIpc) is 2.77. The van der Waals surface area contributed by atoms with E-state index in [-0.39, 0.29) is 11.7 Å². The molecule has 3 rings (SSSR count). The van der Waals surface area contributed by atoms with Gasteiger partial charge >= 0.3 is 0 Å². The van der Waals surface area contributed by atoms with E-state index in [4.69, 9.17) is 4.74 Å². The molecule has 102 valence electrons. The Kier molecular flexibility index (Phi) is 3.31. The number of ether oxygens (including phenoxy) is 1. The van der Waals surface area contributed by atoms with Crippen LogP contribution < -0.4 is 10.1 Å². The molecule has 19 heavy (non-hydrogen) atoms. The van der Waals surface area contributed by atoms with Gasteiger partial charge in [0.25, 0.3) is 0 Å². The van der Waals surface area contributed by atoms with Crippen LogP contribution in [-0.4, -0.2) is 25.0 Å². The summed E-state index contributed by atoms with van der Waals surface area (Å²) >= 11 is 0. The van der Waals surface area contributed by atoms with Crippen LogP contribution in [0.1, 0.15) is 41.6 Å². The Hall–Kier alpha value is -1.35. The van der Waals surface area contributed by atoms with Gasteiger partial charge in [-0.15, -0.1) is 0 Å². The van der Waals surface area contributed by atoms with E-state index in [9.17, 15) is 4.79 Å². The minimum atomic E-state index is 0.186. The number of methoxy groups -OCH3 is 1. The quantitative estimate of drug-likeness (QED) is 0.848. The average molecular weight is 259 g/mol. The van der Waals surface area contributed by atoms with E-state index in [0.29, 0.717) is 12.1 Å². The Balaban J connectivity index is 1.80. The van der Waals surface area contributed by atoms with Crippen molar-refractivity contribution in [1.82, 2.24) is 5.32 Å². The van der Waals surface area contributed by atoms with Crippen LogP contribution in [0.3, 0.4) is 0 Å². The van der Waals surface area contributed by atoms with Crippen molar-refractivity contribution in [3.05, 3.63) is 29.3 Å². The molecular formula is C16H21NO2. The summed E-state index contributed by atoms with van der Waals surface area (Å²) in [5.41, 5.74) is 1.87. The number of piperidine rings is 1. The molecule has 0 saturated carbocycles. The highest BCUT2D eigenvalue weighted by molar-refractivity contribution is 5.98. The zero-order valence-corrected chi connectivity index (χ0v) is 11.6. The number of nitrogens with one attached hydrogen (secondary N) is 1. The minimum absolute atomic E-state index is 0.186. The van der Waals surface area contributed by atoms with Gasteiger partial charge in [0, 0.05) is 23.6 Å². The van der Waals surface area contributed by atoms with Crippen molar-refractivity contribution < 1.29 is 9.53 Å². The largest absolute Gasteiger partial charge is 0.496 e. The lowest BCUT2D eigenvalue weighted by Crippen LogP contribution is -2.40. The van der Waals surface area contributed by atoms with E-state index < -0.39 is 0 Å². The molecule has 2 aliphatic heterocycles. The van der Waals surface area contributed by atoms with Gasteiger partial charge in [0.1, 0.15) is 5.75 Å². The fourth-order valence-corrected chi connectivity index (χ4v) is 3.48. The highest BCUT2D eigenvalue weighted by atomic mass is 16.5. The minimum Gasteiger partial charge on any atom is -0.496 e. The molecule has 2 saturated heterocycles. The summed E-state index contributed by atoms with van der Waals surface area (Å²) in [7, 11) is 1.65. The Labute approximate surface area is 114 Å². The van der Waals surface area contributed by atoms with Gasteiger partial charge in [-0.3, -0.25) is 4.79 Å². The molecular weight excluding hydrogens is 238 g/mol. The second-order valence-corrected chi connectivity index (χ2v) is 5.85. The van der Waals surface area contributed by atoms with Crippen LogP contribution in [0.15, 0.2) is 18.2 Å². The molecule has 0 aliphatic carbocycles. The first-order valence-corrected chi connectivity index (χ1v) is 7.12. The summed E-state index contributed by atoms with van der Waals surface area (Å²) in [4.78, 5) is 12.6. The zero-order chi connectivity index (χ0) is 13.4. The third-order valence-corrected chi connectivity index (χ3v) is 4.54. The number of rotatable bonds is 3. The van der Waals surface area contributed by atoms with Crippen molar-refractivity contribution in [2.45, 2.75) is 44.7 Å². The van der Waals surface area contributed by atoms with Gasteiger partial charge in [-0.25, -0.2) is 0 Å². The van der Waals surface area contributed by atoms with E-state index in [1.165, 1.54) is 12.8 Å². The van der Waals surface area contributed by atoms with Crippen molar-refractivity contribution in [1.29, 1.82) is 0 Å². The highest BCUT2D eigenvalue weighted by Crippen LogP contribution is 2.33. The van der Waals surface area contributed by atoms with Crippen LogP contribution in [0, 0.1) is 12.8 Å². The molecule has 1 aromatic carbocycles. The molecule has 2 fully saturated rings. The molecule has 3 nitrogen and oxygen atoms in total. The lowest BCUT2D eigenvalue weighted by Gasteiger charge is -2.28. The van der Waals surface area contributed by atoms with Crippen LogP contribution in [0.25, 0.3) is 0 Å². The van der Waals surface area contributed by atoms with Crippen molar-refractivity contribution in [2.75, 3.05) is 7.11 Å². The molecule has 1 N–H and O–H groups in total. The van der Waals surface area contributed by atoms with E-state index in [1.807, 2.05) is 25.1 Å². The zero-order valence-electron chi connectivity index (χ0n) is 11.6. The maximum absolute atomic E-state index is 12.6. The molecule has 2 bridgehead atoms. The van der Waals surface area contributed by atoms with E-state index in [1.54, 1.807) is 7.11 Å². The molecule has 2 unspecified atom stereocenters. The van der Waals surface area contributed by atoms with Crippen molar-refractivity contribution >= 4 is 5.78 Å². The normalized spacial score (nSPS) is 29.3. The number of benzene rings is 1. The number of ketones is 1. The van der Waals surface area contributed by atoms with Gasteiger partial charge in [0.2, 0.25) is 0 Å². The number of carbonyl (C=O) groups is 1. The lowest BCUT2D eigenvalue weighted by molar-refractivity contribution is 0.0875. The van der Waals surface area contributed by atoms with Gasteiger partial charge < -0.3 is 10.1 Å². The molecule has 0 spiro atoms. The summed E-state index contributed by atoms with van der Waals surface area (Å²) in [6.45, 7) is 2.00. The first-order valence-electron chi connectivity index (χ1n) is 7.12. The van der Waals surface area contributed by atoms with Gasteiger partial charge in [-0.2, -0.15) is 0 Å². The standard InChI is InChI=1S/C16H21NO2/c1-10-3-4-11(9-15(10)19-2)16(18)12-7-13-5-6-14(8-12)17-13/h3-4,9,12-14,17H,5-8H2,1-2H3. The Morgan fingerprint density at radius 2 is 1.95 bits per heavy atom. The van der Waals surface area contributed by atoms with E-state index in [0.717, 1.165) is 29.7 Å². The Bertz CT molecular complexity index is 486. The van der Waals surface area contributed by atoms with Crippen molar-refractivity contribution in [2.24, 2.45) is 5.92 Å². The molecule has 2 heterocycles. The first kappa shape index (κ1) is 12.7. The number of Topliss-reactive ketones (excluding diaryl/α,β-unsaturated/α-hetero) is 1. The number of fused-ring (bicyclic) bond motifs is 2. The second-order valence-electron chi connectivity index (χ2n) is 5.85. The van der Waals surface area contributed by atoms with Gasteiger partial charge in [0.15, 0.2) is 5.78 Å². The topological polar surface area (TPSA) is 38.3 Å². The molecule has 0 radical (unpaired) electrons. The van der Waals surface area contributed by atoms with Crippen LogP contribution in [-0.2, 0) is 0 Å². The third kappa shape index (κ3) is 2.39. The highest BCUT2D eigenvalue weighted by Gasteiger charge is 2.36. The van der Waals surface area contributed by atoms with Gasteiger partial charge in [0.05, 0.1) is 7.11 Å². The number of carbonyl (C=O) groups excluding carboxylic acids is 1. The van der Waals surface area contributed by atoms with Gasteiger partial charge in [-0.05, 0) is 44.2 Å². The summed E-state index contributed by atoms with van der Waals surface area (Å²) < 4.78 is 5.31. The summed E-state index contributed by atoms with van der Waals surface area (Å²) in [6.07, 6.45) is 4.44. The van der Waals surface area contributed by atoms with Crippen molar-refractivity contribution in [3.8, 4) is 5.75 Å². The Morgan fingerprint density at radius 3 is 2.58 bits per heavy atom. The monoisotopic (exact) mass is 259 g/mol. The third-order valence-electron chi connectivity index (χ3n) is 4.54. The molecule has 2 aliphatic rings. The van der Waals surface area contributed by atoms with Crippen LogP contribution in [0.5, 0.6) is 5.75 Å². The SMILES string of the molecule is COc1cc(C(=O)C2CC3CCC(C2)N3)ccc1C. The smallest absolute Gasteiger partial charge is 0.166 e. The second kappa shape index (κ2) is 4.97. The summed E-state index contributed by atoms with van der Waals surface area (Å²) in [5.74, 6) is 1.28.